The second-order valence-electron chi connectivity index (χ2n) is 6.07. The fourth-order valence-corrected chi connectivity index (χ4v) is 6.89. The number of fused-ring (bicyclic) bond motifs is 5. The number of nitrogens with zero attached hydrogens (tertiary/aromatic N) is 1. The number of benzene rings is 1. The first-order valence-corrected chi connectivity index (χ1v) is 9.61. The van der Waals surface area contributed by atoms with Crippen LogP contribution < -0.4 is 4.90 Å². The number of hydrogen-bond acceptors (Lipinski definition) is 2. The Morgan fingerprint density at radius 1 is 0.760 bits per heavy atom. The van der Waals surface area contributed by atoms with E-state index < -0.39 is 37.7 Å². The standard InChI is InChI=1S/C15H6Cl7NO2/c16-5-1-3-6(4-2-5)23-11(24)7-8(12(23)25)14(20)10(18)9(17)13(7,19)15(14,21)22/h1-4,7-8H/t7-,8+,13-,14-/m0/s1. The molecule has 10 heteroatoms. The zero-order chi connectivity index (χ0) is 18.5. The molecule has 0 spiro atoms. The van der Waals surface area contributed by atoms with Crippen LogP contribution in [0.25, 0.3) is 0 Å². The Hall–Kier alpha value is 0.130. The van der Waals surface area contributed by atoms with Gasteiger partial charge in [0, 0.05) is 5.02 Å². The van der Waals surface area contributed by atoms with Crippen LogP contribution in [0, 0.1) is 11.8 Å². The van der Waals surface area contributed by atoms with Gasteiger partial charge in [0.2, 0.25) is 11.8 Å². The maximum Gasteiger partial charge on any atom is 0.240 e. The number of amides is 2. The van der Waals surface area contributed by atoms with E-state index >= 15 is 0 Å². The molecular formula is C15H6Cl7NO2. The van der Waals surface area contributed by atoms with Crippen LogP contribution in [-0.2, 0) is 9.59 Å². The van der Waals surface area contributed by atoms with Crippen molar-refractivity contribution in [1.29, 1.82) is 0 Å². The first-order chi connectivity index (χ1) is 11.5. The Morgan fingerprint density at radius 3 is 1.56 bits per heavy atom. The maximum atomic E-state index is 13.0. The molecule has 2 aliphatic carbocycles. The van der Waals surface area contributed by atoms with Crippen LogP contribution in [-0.4, -0.2) is 25.9 Å². The van der Waals surface area contributed by atoms with Gasteiger partial charge in [0.05, 0.1) is 27.6 Å². The normalized spacial score (nSPS) is 38.8. The van der Waals surface area contributed by atoms with Crippen molar-refractivity contribution in [2.45, 2.75) is 14.1 Å². The summed E-state index contributed by atoms with van der Waals surface area (Å²) in [6.07, 6.45) is 0. The summed E-state index contributed by atoms with van der Waals surface area (Å²) in [5.41, 5.74) is 0.329. The van der Waals surface area contributed by atoms with Crippen LogP contribution in [0.2, 0.25) is 5.02 Å². The molecule has 0 unspecified atom stereocenters. The molecule has 3 nitrogen and oxygen atoms in total. The third kappa shape index (κ3) is 1.84. The molecule has 0 aromatic heterocycles. The molecule has 2 fully saturated rings. The molecule has 0 N–H and O–H groups in total. The van der Waals surface area contributed by atoms with Crippen LogP contribution in [0.3, 0.4) is 0 Å². The molecular weight excluding hydrogens is 474 g/mol. The van der Waals surface area contributed by atoms with Gasteiger partial charge in [-0.3, -0.25) is 9.59 Å². The number of halogens is 7. The van der Waals surface area contributed by atoms with Gasteiger partial charge in [-0.25, -0.2) is 4.90 Å². The Bertz CT molecular complexity index is 821. The summed E-state index contributed by atoms with van der Waals surface area (Å²) < 4.78 is -1.93. The van der Waals surface area contributed by atoms with Crippen molar-refractivity contribution in [1.82, 2.24) is 0 Å². The third-order valence-corrected chi connectivity index (χ3v) is 9.50. The van der Waals surface area contributed by atoms with E-state index in [1.807, 2.05) is 0 Å². The second-order valence-corrected chi connectivity index (χ2v) is 9.78. The number of carbonyl (C=O) groups excluding carboxylic acids is 2. The summed E-state index contributed by atoms with van der Waals surface area (Å²) >= 11 is 44.4. The fraction of sp³-hybridized carbons (Fsp3) is 0.333. The van der Waals surface area contributed by atoms with Crippen LogP contribution >= 0.6 is 81.2 Å². The fourth-order valence-electron chi connectivity index (χ4n) is 3.84. The molecule has 1 saturated carbocycles. The molecule has 25 heavy (non-hydrogen) atoms. The highest BCUT2D eigenvalue weighted by Gasteiger charge is 2.87. The maximum absolute atomic E-state index is 13.0. The van der Waals surface area contributed by atoms with Gasteiger partial charge < -0.3 is 0 Å². The minimum absolute atomic E-state index is 0.115. The van der Waals surface area contributed by atoms with Crippen molar-refractivity contribution in [3.63, 3.8) is 0 Å². The minimum Gasteiger partial charge on any atom is -0.274 e. The summed E-state index contributed by atoms with van der Waals surface area (Å²) in [5, 5.41) is 0.228. The summed E-state index contributed by atoms with van der Waals surface area (Å²) in [4.78, 5) is 23.5. The lowest BCUT2D eigenvalue weighted by atomic mass is 9.84. The van der Waals surface area contributed by atoms with E-state index in [0.29, 0.717) is 10.7 Å². The predicted molar refractivity (Wildman–Crippen MR) is 101 cm³/mol. The summed E-state index contributed by atoms with van der Waals surface area (Å²) in [6.45, 7) is 0. The van der Waals surface area contributed by atoms with Crippen molar-refractivity contribution >= 4 is 98.7 Å². The van der Waals surface area contributed by atoms with Gasteiger partial charge in [0.25, 0.3) is 0 Å². The number of imide groups is 1. The molecule has 2 bridgehead atoms. The van der Waals surface area contributed by atoms with Gasteiger partial charge in [-0.15, -0.1) is 23.2 Å². The van der Waals surface area contributed by atoms with E-state index in [4.69, 9.17) is 81.2 Å². The lowest BCUT2D eigenvalue weighted by Crippen LogP contribution is -2.50. The van der Waals surface area contributed by atoms with E-state index in [2.05, 4.69) is 0 Å². The van der Waals surface area contributed by atoms with E-state index in [1.54, 1.807) is 12.1 Å². The average Bonchev–Trinajstić information content (AvgIpc) is 2.94. The van der Waals surface area contributed by atoms with E-state index in [1.165, 1.54) is 12.1 Å². The van der Waals surface area contributed by atoms with Gasteiger partial charge in [-0.2, -0.15) is 0 Å². The number of allylic oxidation sites excluding steroid dienone is 2. The number of anilines is 1. The second kappa shape index (κ2) is 5.35. The average molecular weight is 480 g/mol. The Kier molecular flexibility index (Phi) is 3.96. The smallest absolute Gasteiger partial charge is 0.240 e. The van der Waals surface area contributed by atoms with Crippen LogP contribution in [0.5, 0.6) is 0 Å². The van der Waals surface area contributed by atoms with Crippen LogP contribution in [0.4, 0.5) is 5.69 Å². The lowest BCUT2D eigenvalue weighted by molar-refractivity contribution is -0.123. The Balaban J connectivity index is 1.90. The van der Waals surface area contributed by atoms with E-state index in [0.717, 1.165) is 4.90 Å². The topological polar surface area (TPSA) is 37.4 Å². The zero-order valence-corrected chi connectivity index (χ0v) is 17.2. The first-order valence-electron chi connectivity index (χ1n) is 6.96. The number of carbonyl (C=O) groups is 2. The lowest BCUT2D eigenvalue weighted by Gasteiger charge is -2.34. The Labute approximate surface area is 177 Å². The van der Waals surface area contributed by atoms with Gasteiger partial charge in [-0.1, -0.05) is 58.0 Å². The molecule has 4 rings (SSSR count). The van der Waals surface area contributed by atoms with Crippen molar-refractivity contribution in [3.05, 3.63) is 39.4 Å². The van der Waals surface area contributed by atoms with Crippen molar-refractivity contribution in [3.8, 4) is 0 Å². The minimum atomic E-state index is -1.93. The highest BCUT2D eigenvalue weighted by molar-refractivity contribution is 6.67. The number of alkyl halides is 4. The van der Waals surface area contributed by atoms with Crippen molar-refractivity contribution in [2.75, 3.05) is 4.90 Å². The van der Waals surface area contributed by atoms with Gasteiger partial charge in [0.1, 0.15) is 9.75 Å². The highest BCUT2D eigenvalue weighted by Crippen LogP contribution is 2.77. The molecule has 1 aromatic rings. The van der Waals surface area contributed by atoms with E-state index in [9.17, 15) is 9.59 Å². The van der Waals surface area contributed by atoms with Crippen LogP contribution in [0.1, 0.15) is 0 Å². The number of rotatable bonds is 1. The van der Waals surface area contributed by atoms with Gasteiger partial charge in [-0.05, 0) is 24.3 Å². The molecule has 0 radical (unpaired) electrons. The Morgan fingerprint density at radius 2 is 1.16 bits per heavy atom. The summed E-state index contributed by atoms with van der Waals surface area (Å²) in [6, 6.07) is 6.18. The van der Waals surface area contributed by atoms with E-state index in [-0.39, 0.29) is 10.1 Å². The largest absolute Gasteiger partial charge is 0.274 e. The van der Waals surface area contributed by atoms with Crippen molar-refractivity contribution in [2.24, 2.45) is 11.8 Å². The first kappa shape index (κ1) is 18.5. The SMILES string of the molecule is O=C1[C@@H]2[C@H](C(=O)N1c1ccc(Cl)cc1)[C@]1(Cl)C(Cl)=C(Cl)[C@]2(Cl)C1(Cl)Cl. The van der Waals surface area contributed by atoms with Gasteiger partial charge >= 0.3 is 0 Å². The summed E-state index contributed by atoms with van der Waals surface area (Å²) in [7, 11) is 0. The monoisotopic (exact) mass is 477 g/mol. The predicted octanol–water partition coefficient (Wildman–Crippen LogP) is 5.29. The molecule has 2 amide bonds. The molecule has 1 aliphatic heterocycles. The molecule has 3 aliphatic rings. The zero-order valence-electron chi connectivity index (χ0n) is 11.9. The summed E-state index contributed by atoms with van der Waals surface area (Å²) in [5.74, 6) is -3.47. The molecule has 4 atom stereocenters. The molecule has 1 heterocycles. The third-order valence-electron chi connectivity index (χ3n) is 4.99. The molecule has 1 aromatic carbocycles. The van der Waals surface area contributed by atoms with Gasteiger partial charge in [0.15, 0.2) is 4.33 Å². The number of hydrogen-bond donors (Lipinski definition) is 0. The highest BCUT2D eigenvalue weighted by atomic mass is 35.5. The van der Waals surface area contributed by atoms with Crippen LogP contribution in [0.15, 0.2) is 34.3 Å². The molecule has 132 valence electrons. The quantitative estimate of drug-likeness (QED) is 0.405. The molecule has 1 saturated heterocycles. The van der Waals surface area contributed by atoms with Crippen molar-refractivity contribution < 1.29 is 9.59 Å².